The van der Waals surface area contributed by atoms with Gasteiger partial charge in [0.05, 0.1) is 4.47 Å². The van der Waals surface area contributed by atoms with Crippen LogP contribution in [0.4, 0.5) is 0 Å². The van der Waals surface area contributed by atoms with Crippen molar-refractivity contribution in [1.82, 2.24) is 10.2 Å². The van der Waals surface area contributed by atoms with E-state index in [1.165, 1.54) is 5.56 Å². The molecule has 2 rings (SSSR count). The molecule has 33 heavy (non-hydrogen) atoms. The molecule has 0 fully saturated rings. The summed E-state index contributed by atoms with van der Waals surface area (Å²) in [5.74, 6) is 0.215. The van der Waals surface area contributed by atoms with E-state index in [1.54, 1.807) is 11.8 Å². The normalized spacial score (nSPS) is 12.2. The third-order valence-electron chi connectivity index (χ3n) is 5.62. The molecule has 0 aliphatic carbocycles. The highest BCUT2D eigenvalue weighted by molar-refractivity contribution is 9.10. The molecule has 0 heterocycles. The van der Waals surface area contributed by atoms with Gasteiger partial charge in [0.1, 0.15) is 11.8 Å². The maximum atomic E-state index is 13.2. The minimum absolute atomic E-state index is 0.0161. The van der Waals surface area contributed by atoms with Crippen LogP contribution in [0.1, 0.15) is 64.2 Å². The molecule has 0 bridgehead atoms. The number of unbranched alkanes of at least 4 members (excludes halogenated alkanes) is 1. The van der Waals surface area contributed by atoms with Gasteiger partial charge in [0, 0.05) is 13.1 Å². The van der Waals surface area contributed by atoms with Crippen LogP contribution in [0.15, 0.2) is 46.9 Å². The summed E-state index contributed by atoms with van der Waals surface area (Å²) in [6.07, 6.45) is 1.91. The number of halogens is 1. The lowest BCUT2D eigenvalue weighted by atomic mass is 9.87. The number of carbonyl (C=O) groups is 2. The first-order valence-electron chi connectivity index (χ1n) is 11.6. The first-order valence-corrected chi connectivity index (χ1v) is 12.4. The molecule has 1 atom stereocenters. The van der Waals surface area contributed by atoms with Gasteiger partial charge >= 0.3 is 0 Å². The van der Waals surface area contributed by atoms with E-state index in [2.05, 4.69) is 48.9 Å². The van der Waals surface area contributed by atoms with Gasteiger partial charge in [0.25, 0.3) is 5.91 Å². The number of aryl methyl sites for hydroxylation is 1. The second-order valence-corrected chi connectivity index (χ2v) is 10.4. The fourth-order valence-electron chi connectivity index (χ4n) is 3.32. The smallest absolute Gasteiger partial charge is 0.261 e. The maximum absolute atomic E-state index is 13.2. The molecule has 0 aliphatic heterocycles. The third kappa shape index (κ3) is 8.18. The topological polar surface area (TPSA) is 58.6 Å². The van der Waals surface area contributed by atoms with Crippen molar-refractivity contribution in [2.24, 2.45) is 0 Å². The SMILES string of the molecule is CCCCNC(=O)C(C)N(Cc1ccc(C)cc1)C(=O)COc1ccc(C(C)(C)C)cc1Br. The predicted molar refractivity (Wildman–Crippen MR) is 137 cm³/mol. The van der Waals surface area contributed by atoms with Crippen molar-refractivity contribution in [2.75, 3.05) is 13.2 Å². The molecule has 5 nitrogen and oxygen atoms in total. The lowest BCUT2D eigenvalue weighted by molar-refractivity contribution is -0.142. The van der Waals surface area contributed by atoms with Crippen LogP contribution in [0.5, 0.6) is 5.75 Å². The van der Waals surface area contributed by atoms with Crippen LogP contribution in [0, 0.1) is 6.92 Å². The summed E-state index contributed by atoms with van der Waals surface area (Å²) in [7, 11) is 0. The number of nitrogens with one attached hydrogen (secondary N) is 1. The minimum Gasteiger partial charge on any atom is -0.483 e. The molecule has 180 valence electrons. The van der Waals surface area contributed by atoms with E-state index in [1.807, 2.05) is 49.4 Å². The quantitative estimate of drug-likeness (QED) is 0.408. The summed E-state index contributed by atoms with van der Waals surface area (Å²) in [6.45, 7) is 13.1. The van der Waals surface area contributed by atoms with E-state index in [0.29, 0.717) is 18.8 Å². The van der Waals surface area contributed by atoms with Crippen LogP contribution in [-0.2, 0) is 21.5 Å². The predicted octanol–water partition coefficient (Wildman–Crippen LogP) is 5.77. The Bertz CT molecular complexity index is 935. The zero-order chi connectivity index (χ0) is 24.6. The monoisotopic (exact) mass is 516 g/mol. The number of ether oxygens (including phenoxy) is 1. The Kier molecular flexibility index (Phi) is 9.96. The van der Waals surface area contributed by atoms with E-state index in [-0.39, 0.29) is 23.8 Å². The number of amides is 2. The molecule has 0 saturated carbocycles. The summed E-state index contributed by atoms with van der Waals surface area (Å²) < 4.78 is 6.67. The van der Waals surface area contributed by atoms with E-state index >= 15 is 0 Å². The van der Waals surface area contributed by atoms with Gasteiger partial charge in [-0.2, -0.15) is 0 Å². The van der Waals surface area contributed by atoms with Gasteiger partial charge in [-0.1, -0.05) is 70.0 Å². The summed E-state index contributed by atoms with van der Waals surface area (Å²) in [5, 5.41) is 2.94. The molecule has 2 aromatic rings. The summed E-state index contributed by atoms with van der Waals surface area (Å²) in [4.78, 5) is 27.5. The van der Waals surface area contributed by atoms with Crippen molar-refractivity contribution in [2.45, 2.75) is 72.4 Å². The first kappa shape index (κ1) is 26.9. The van der Waals surface area contributed by atoms with Gasteiger partial charge in [-0.25, -0.2) is 0 Å². The van der Waals surface area contributed by atoms with Gasteiger partial charge in [-0.05, 0) is 64.9 Å². The molecule has 1 unspecified atom stereocenters. The van der Waals surface area contributed by atoms with Gasteiger partial charge in [-0.15, -0.1) is 0 Å². The number of benzene rings is 2. The van der Waals surface area contributed by atoms with Crippen molar-refractivity contribution >= 4 is 27.7 Å². The van der Waals surface area contributed by atoms with E-state index in [9.17, 15) is 9.59 Å². The molecular formula is C27H37BrN2O3. The van der Waals surface area contributed by atoms with Crippen molar-refractivity contribution < 1.29 is 14.3 Å². The number of hydrogen-bond donors (Lipinski definition) is 1. The molecule has 0 aliphatic rings. The van der Waals surface area contributed by atoms with Crippen LogP contribution in [-0.4, -0.2) is 35.9 Å². The van der Waals surface area contributed by atoms with Crippen molar-refractivity contribution in [3.63, 3.8) is 0 Å². The molecule has 0 radical (unpaired) electrons. The zero-order valence-corrected chi connectivity index (χ0v) is 22.3. The largest absolute Gasteiger partial charge is 0.483 e. The van der Waals surface area contributed by atoms with Crippen LogP contribution in [0.2, 0.25) is 0 Å². The van der Waals surface area contributed by atoms with Crippen molar-refractivity contribution in [3.8, 4) is 5.75 Å². The van der Waals surface area contributed by atoms with E-state index in [4.69, 9.17) is 4.74 Å². The molecular weight excluding hydrogens is 480 g/mol. The highest BCUT2D eigenvalue weighted by Gasteiger charge is 2.26. The Morgan fingerprint density at radius 2 is 1.79 bits per heavy atom. The van der Waals surface area contributed by atoms with Gasteiger partial charge in [0.2, 0.25) is 5.91 Å². The number of carbonyl (C=O) groups excluding carboxylic acids is 2. The summed E-state index contributed by atoms with van der Waals surface area (Å²) >= 11 is 3.56. The Labute approximate surface area is 207 Å². The van der Waals surface area contributed by atoms with Gasteiger partial charge in [0.15, 0.2) is 6.61 Å². The Balaban J connectivity index is 2.15. The lowest BCUT2D eigenvalue weighted by Gasteiger charge is -2.29. The molecule has 0 aromatic heterocycles. The maximum Gasteiger partial charge on any atom is 0.261 e. The minimum atomic E-state index is -0.606. The Morgan fingerprint density at radius 3 is 2.36 bits per heavy atom. The van der Waals surface area contributed by atoms with Crippen LogP contribution < -0.4 is 10.1 Å². The van der Waals surface area contributed by atoms with Gasteiger partial charge in [-0.3, -0.25) is 9.59 Å². The fourth-order valence-corrected chi connectivity index (χ4v) is 3.81. The summed E-state index contributed by atoms with van der Waals surface area (Å²) in [5.41, 5.74) is 3.31. The fraction of sp³-hybridized carbons (Fsp3) is 0.481. The molecule has 0 saturated heterocycles. The molecule has 1 N–H and O–H groups in total. The summed E-state index contributed by atoms with van der Waals surface area (Å²) in [6, 6.07) is 13.3. The Hall–Kier alpha value is -2.34. The average molecular weight is 518 g/mol. The molecule has 0 spiro atoms. The zero-order valence-electron chi connectivity index (χ0n) is 20.7. The molecule has 6 heteroatoms. The highest BCUT2D eigenvalue weighted by Crippen LogP contribution is 2.31. The van der Waals surface area contributed by atoms with E-state index in [0.717, 1.165) is 28.4 Å². The molecule has 2 amide bonds. The van der Waals surface area contributed by atoms with Crippen LogP contribution in [0.25, 0.3) is 0 Å². The first-order chi connectivity index (χ1) is 15.5. The number of nitrogens with zero attached hydrogens (tertiary/aromatic N) is 1. The lowest BCUT2D eigenvalue weighted by Crippen LogP contribution is -2.49. The van der Waals surface area contributed by atoms with Crippen molar-refractivity contribution in [3.05, 3.63) is 63.6 Å². The van der Waals surface area contributed by atoms with Crippen LogP contribution >= 0.6 is 15.9 Å². The highest BCUT2D eigenvalue weighted by atomic mass is 79.9. The second kappa shape index (κ2) is 12.2. The average Bonchev–Trinajstić information content (AvgIpc) is 2.76. The number of hydrogen-bond acceptors (Lipinski definition) is 3. The molecule has 2 aromatic carbocycles. The van der Waals surface area contributed by atoms with Crippen molar-refractivity contribution in [1.29, 1.82) is 0 Å². The standard InChI is InChI=1S/C27H37BrN2O3/c1-7-8-15-29-26(32)20(3)30(17-21-11-9-19(2)10-12-21)25(31)18-33-24-14-13-22(16-23(24)28)27(4,5)6/h9-14,16,20H,7-8,15,17-18H2,1-6H3,(H,29,32). The Morgan fingerprint density at radius 1 is 1.12 bits per heavy atom. The van der Waals surface area contributed by atoms with Gasteiger partial charge < -0.3 is 15.0 Å². The van der Waals surface area contributed by atoms with Crippen LogP contribution in [0.3, 0.4) is 0 Å². The second-order valence-electron chi connectivity index (χ2n) is 9.51. The van der Waals surface area contributed by atoms with E-state index < -0.39 is 6.04 Å². The third-order valence-corrected chi connectivity index (χ3v) is 6.24. The number of rotatable bonds is 10.